The van der Waals surface area contributed by atoms with Gasteiger partial charge in [0.15, 0.2) is 0 Å². The first-order valence-corrected chi connectivity index (χ1v) is 7.70. The van der Waals surface area contributed by atoms with Crippen LogP contribution < -0.4 is 10.1 Å². The van der Waals surface area contributed by atoms with Gasteiger partial charge >= 0.3 is 0 Å². The number of benzene rings is 1. The fourth-order valence-corrected chi connectivity index (χ4v) is 2.33. The molecule has 0 aliphatic carbocycles. The lowest BCUT2D eigenvalue weighted by Crippen LogP contribution is -2.14. The van der Waals surface area contributed by atoms with Crippen LogP contribution in [-0.2, 0) is 6.54 Å². The summed E-state index contributed by atoms with van der Waals surface area (Å²) in [6.45, 7) is 3.03. The van der Waals surface area contributed by atoms with Gasteiger partial charge in [0.05, 0.1) is 12.9 Å². The zero-order valence-electron chi connectivity index (χ0n) is 13.3. The van der Waals surface area contributed by atoms with Gasteiger partial charge in [-0.15, -0.1) is 0 Å². The normalized spacial score (nSPS) is 10.4. The molecule has 3 aromatic rings. The Morgan fingerprint density at radius 3 is 2.96 bits per heavy atom. The molecular weight excluding hydrogens is 304 g/mol. The molecule has 0 radical (unpaired) electrons. The number of amides is 1. The molecule has 6 heteroatoms. The summed E-state index contributed by atoms with van der Waals surface area (Å²) in [4.78, 5) is 20.7. The van der Waals surface area contributed by atoms with E-state index in [-0.39, 0.29) is 5.91 Å². The van der Waals surface area contributed by atoms with Gasteiger partial charge in [0.25, 0.3) is 5.91 Å². The second kappa shape index (κ2) is 7.41. The Morgan fingerprint density at radius 1 is 1.25 bits per heavy atom. The van der Waals surface area contributed by atoms with Crippen LogP contribution in [0.2, 0.25) is 0 Å². The Balaban J connectivity index is 1.76. The topological polar surface area (TPSA) is 69.0 Å². The third-order valence-corrected chi connectivity index (χ3v) is 3.41. The first kappa shape index (κ1) is 15.7. The summed E-state index contributed by atoms with van der Waals surface area (Å²) >= 11 is 0. The second-order valence-corrected chi connectivity index (χ2v) is 5.18. The lowest BCUT2D eigenvalue weighted by Gasteiger charge is -2.11. The van der Waals surface area contributed by atoms with Crippen LogP contribution in [0.15, 0.2) is 61.3 Å². The standard InChI is InChI=1S/C18H18N4O2/c1-2-24-18-16(7-4-8-20-18)21-17(23)15-6-3-5-14(11-15)12-22-10-9-19-13-22/h3-11,13H,2,12H2,1H3,(H,21,23). The highest BCUT2D eigenvalue weighted by Crippen LogP contribution is 2.21. The minimum Gasteiger partial charge on any atom is -0.476 e. The molecule has 2 aromatic heterocycles. The monoisotopic (exact) mass is 322 g/mol. The molecule has 0 aliphatic heterocycles. The summed E-state index contributed by atoms with van der Waals surface area (Å²) in [6.07, 6.45) is 6.99. The van der Waals surface area contributed by atoms with Crippen LogP contribution in [0.4, 0.5) is 5.69 Å². The quantitative estimate of drug-likeness (QED) is 0.757. The van der Waals surface area contributed by atoms with Crippen molar-refractivity contribution in [3.8, 4) is 5.88 Å². The number of carbonyl (C=O) groups is 1. The van der Waals surface area contributed by atoms with Gasteiger partial charge in [-0.2, -0.15) is 0 Å². The Morgan fingerprint density at radius 2 is 2.17 bits per heavy atom. The largest absolute Gasteiger partial charge is 0.476 e. The number of nitrogens with one attached hydrogen (secondary N) is 1. The third-order valence-electron chi connectivity index (χ3n) is 3.41. The molecule has 0 bridgehead atoms. The number of ether oxygens (including phenoxy) is 1. The maximum Gasteiger partial charge on any atom is 0.255 e. The molecule has 0 fully saturated rings. The number of carbonyl (C=O) groups excluding carboxylic acids is 1. The molecule has 6 nitrogen and oxygen atoms in total. The van der Waals surface area contributed by atoms with Crippen LogP contribution in [0.1, 0.15) is 22.8 Å². The Kier molecular flexibility index (Phi) is 4.86. The van der Waals surface area contributed by atoms with Gasteiger partial charge in [-0.05, 0) is 36.8 Å². The van der Waals surface area contributed by atoms with E-state index in [4.69, 9.17) is 4.74 Å². The molecule has 0 atom stereocenters. The van der Waals surface area contributed by atoms with E-state index in [2.05, 4.69) is 15.3 Å². The number of hydrogen-bond donors (Lipinski definition) is 1. The number of nitrogens with zero attached hydrogens (tertiary/aromatic N) is 3. The van der Waals surface area contributed by atoms with Gasteiger partial charge < -0.3 is 14.6 Å². The highest BCUT2D eigenvalue weighted by Gasteiger charge is 2.11. The van der Waals surface area contributed by atoms with Crippen molar-refractivity contribution in [1.29, 1.82) is 0 Å². The first-order valence-electron chi connectivity index (χ1n) is 7.70. The van der Waals surface area contributed by atoms with Crippen molar-refractivity contribution in [2.24, 2.45) is 0 Å². The fourth-order valence-electron chi connectivity index (χ4n) is 2.33. The summed E-state index contributed by atoms with van der Waals surface area (Å²) in [5.74, 6) is 0.222. The number of imidazole rings is 1. The van der Waals surface area contributed by atoms with Gasteiger partial charge in [-0.3, -0.25) is 4.79 Å². The Hall–Kier alpha value is -3.15. The maximum atomic E-state index is 12.5. The number of aromatic nitrogens is 3. The van der Waals surface area contributed by atoms with E-state index < -0.39 is 0 Å². The summed E-state index contributed by atoms with van der Waals surface area (Å²) in [6, 6.07) is 11.0. The Labute approximate surface area is 140 Å². The van der Waals surface area contributed by atoms with E-state index in [0.717, 1.165) is 5.56 Å². The van der Waals surface area contributed by atoms with Gasteiger partial charge in [-0.25, -0.2) is 9.97 Å². The van der Waals surface area contributed by atoms with Crippen LogP contribution in [0.5, 0.6) is 5.88 Å². The van der Waals surface area contributed by atoms with Crippen LogP contribution in [0.3, 0.4) is 0 Å². The van der Waals surface area contributed by atoms with Crippen molar-refractivity contribution in [3.63, 3.8) is 0 Å². The van der Waals surface area contributed by atoms with Crippen LogP contribution in [-0.4, -0.2) is 27.0 Å². The van der Waals surface area contributed by atoms with E-state index in [1.807, 2.05) is 35.9 Å². The van der Waals surface area contributed by atoms with Crippen molar-refractivity contribution >= 4 is 11.6 Å². The number of hydrogen-bond acceptors (Lipinski definition) is 4. The molecule has 0 saturated carbocycles. The molecule has 1 aromatic carbocycles. The van der Waals surface area contributed by atoms with Gasteiger partial charge in [0.1, 0.15) is 5.69 Å². The summed E-state index contributed by atoms with van der Waals surface area (Å²) in [5, 5.41) is 2.85. The molecule has 0 unspecified atom stereocenters. The van der Waals surface area contributed by atoms with Gasteiger partial charge in [0, 0.05) is 30.7 Å². The van der Waals surface area contributed by atoms with Crippen molar-refractivity contribution in [2.45, 2.75) is 13.5 Å². The molecule has 3 rings (SSSR count). The average Bonchev–Trinajstić information content (AvgIpc) is 3.10. The molecule has 1 amide bonds. The summed E-state index contributed by atoms with van der Waals surface area (Å²) < 4.78 is 7.38. The van der Waals surface area contributed by atoms with E-state index in [1.54, 1.807) is 36.9 Å². The number of anilines is 1. The average molecular weight is 322 g/mol. The smallest absolute Gasteiger partial charge is 0.255 e. The molecule has 0 saturated heterocycles. The molecule has 0 spiro atoms. The molecule has 2 heterocycles. The maximum absolute atomic E-state index is 12.5. The number of pyridine rings is 1. The highest BCUT2D eigenvalue weighted by molar-refractivity contribution is 6.04. The van der Waals surface area contributed by atoms with Gasteiger partial charge in [-0.1, -0.05) is 12.1 Å². The predicted molar refractivity (Wildman–Crippen MR) is 91.1 cm³/mol. The lowest BCUT2D eigenvalue weighted by molar-refractivity contribution is 0.102. The lowest BCUT2D eigenvalue weighted by atomic mass is 10.1. The van der Waals surface area contributed by atoms with Gasteiger partial charge in [0.2, 0.25) is 5.88 Å². The fraction of sp³-hybridized carbons (Fsp3) is 0.167. The van der Waals surface area contributed by atoms with E-state index >= 15 is 0 Å². The van der Waals surface area contributed by atoms with Crippen molar-refractivity contribution < 1.29 is 9.53 Å². The Bertz CT molecular complexity index is 815. The van der Waals surface area contributed by atoms with Crippen LogP contribution >= 0.6 is 0 Å². The predicted octanol–water partition coefficient (Wildman–Crippen LogP) is 2.98. The molecule has 24 heavy (non-hydrogen) atoms. The van der Waals surface area contributed by atoms with Crippen molar-refractivity contribution in [1.82, 2.24) is 14.5 Å². The van der Waals surface area contributed by atoms with Crippen LogP contribution in [0.25, 0.3) is 0 Å². The number of rotatable bonds is 6. The molecule has 0 aliphatic rings. The third kappa shape index (κ3) is 3.78. The zero-order valence-corrected chi connectivity index (χ0v) is 13.3. The molecule has 122 valence electrons. The van der Waals surface area contributed by atoms with Crippen molar-refractivity contribution in [2.75, 3.05) is 11.9 Å². The van der Waals surface area contributed by atoms with Crippen LogP contribution in [0, 0.1) is 0 Å². The van der Waals surface area contributed by atoms with Crippen molar-refractivity contribution in [3.05, 3.63) is 72.4 Å². The summed E-state index contributed by atoms with van der Waals surface area (Å²) in [5.41, 5.74) is 2.17. The minimum atomic E-state index is -0.198. The second-order valence-electron chi connectivity index (χ2n) is 5.18. The van der Waals surface area contributed by atoms with E-state index in [1.165, 1.54) is 0 Å². The summed E-state index contributed by atoms with van der Waals surface area (Å²) in [7, 11) is 0. The first-order chi connectivity index (χ1) is 11.8. The van der Waals surface area contributed by atoms with E-state index in [9.17, 15) is 4.79 Å². The molecule has 1 N–H and O–H groups in total. The minimum absolute atomic E-state index is 0.198. The highest BCUT2D eigenvalue weighted by atomic mass is 16.5. The van der Waals surface area contributed by atoms with E-state index in [0.29, 0.717) is 30.3 Å². The zero-order chi connectivity index (χ0) is 16.8. The SMILES string of the molecule is CCOc1ncccc1NC(=O)c1cccc(Cn2ccnc2)c1. The molecular formula is C18H18N4O2.